The molecule has 8 heteroatoms. The molecule has 0 saturated heterocycles. The van der Waals surface area contributed by atoms with Gasteiger partial charge in [0, 0.05) is 18.7 Å². The fraction of sp³-hybridized carbons (Fsp3) is 0.538. The molecule has 0 saturated carbocycles. The summed E-state index contributed by atoms with van der Waals surface area (Å²) in [4.78, 5) is 29.6. The lowest BCUT2D eigenvalue weighted by Crippen LogP contribution is -2.35. The first-order valence-corrected chi connectivity index (χ1v) is 7.57. The van der Waals surface area contributed by atoms with Gasteiger partial charge in [-0.25, -0.2) is 4.98 Å². The van der Waals surface area contributed by atoms with E-state index in [9.17, 15) is 9.59 Å². The second kappa shape index (κ2) is 6.31. The summed E-state index contributed by atoms with van der Waals surface area (Å²) in [6.45, 7) is 6.04. The van der Waals surface area contributed by atoms with Crippen LogP contribution in [0.25, 0.3) is 4.96 Å². The first-order valence-electron chi connectivity index (χ1n) is 6.75. The first kappa shape index (κ1) is 15.6. The summed E-state index contributed by atoms with van der Waals surface area (Å²) in [5, 5.41) is 14.0. The van der Waals surface area contributed by atoms with E-state index in [-0.39, 0.29) is 18.1 Å². The Morgan fingerprint density at radius 2 is 2.24 bits per heavy atom. The Bertz CT molecular complexity index is 707. The van der Waals surface area contributed by atoms with Crippen LogP contribution < -0.4 is 5.56 Å². The van der Waals surface area contributed by atoms with E-state index in [0.29, 0.717) is 17.2 Å². The molecule has 0 aliphatic heterocycles. The first-order chi connectivity index (χ1) is 9.90. The summed E-state index contributed by atoms with van der Waals surface area (Å²) in [5.74, 6) is -0.896. The van der Waals surface area contributed by atoms with Crippen molar-refractivity contribution in [2.75, 3.05) is 6.54 Å². The third-order valence-electron chi connectivity index (χ3n) is 3.08. The van der Waals surface area contributed by atoms with Gasteiger partial charge in [0.1, 0.15) is 5.01 Å². The minimum atomic E-state index is -0.896. The molecule has 0 amide bonds. The maximum Gasteiger partial charge on any atom is 0.317 e. The van der Waals surface area contributed by atoms with E-state index < -0.39 is 5.97 Å². The van der Waals surface area contributed by atoms with Crippen LogP contribution in [0, 0.1) is 0 Å². The smallest absolute Gasteiger partial charge is 0.317 e. The van der Waals surface area contributed by atoms with Gasteiger partial charge in [0.15, 0.2) is 0 Å². The number of aryl methyl sites for hydroxylation is 1. The van der Waals surface area contributed by atoms with Gasteiger partial charge in [-0.3, -0.25) is 14.5 Å². The van der Waals surface area contributed by atoms with E-state index in [0.717, 1.165) is 11.4 Å². The number of rotatable bonds is 6. The molecule has 21 heavy (non-hydrogen) atoms. The van der Waals surface area contributed by atoms with Crippen molar-refractivity contribution in [1.82, 2.24) is 19.5 Å². The summed E-state index contributed by atoms with van der Waals surface area (Å²) in [6.07, 6.45) is 0.750. The zero-order chi connectivity index (χ0) is 15.6. The van der Waals surface area contributed by atoms with Crippen molar-refractivity contribution < 1.29 is 9.90 Å². The van der Waals surface area contributed by atoms with Crippen LogP contribution in [0.2, 0.25) is 0 Å². The Morgan fingerprint density at radius 3 is 2.81 bits per heavy atom. The van der Waals surface area contributed by atoms with Gasteiger partial charge < -0.3 is 5.11 Å². The third kappa shape index (κ3) is 3.64. The molecule has 0 atom stereocenters. The number of carboxylic acid groups (broad SMARTS) is 1. The number of hydrogen-bond acceptors (Lipinski definition) is 6. The van der Waals surface area contributed by atoms with Crippen LogP contribution in [-0.4, -0.2) is 43.2 Å². The van der Waals surface area contributed by atoms with E-state index in [1.54, 1.807) is 4.90 Å². The van der Waals surface area contributed by atoms with Crippen LogP contribution >= 0.6 is 11.3 Å². The van der Waals surface area contributed by atoms with Gasteiger partial charge in [-0.05, 0) is 20.3 Å². The normalized spacial score (nSPS) is 11.7. The fourth-order valence-corrected chi connectivity index (χ4v) is 2.78. The minimum absolute atomic E-state index is 0.0500. The van der Waals surface area contributed by atoms with Crippen molar-refractivity contribution >= 4 is 22.3 Å². The lowest BCUT2D eigenvalue weighted by molar-refractivity contribution is -0.138. The van der Waals surface area contributed by atoms with E-state index in [1.807, 2.05) is 20.8 Å². The van der Waals surface area contributed by atoms with E-state index >= 15 is 0 Å². The highest BCUT2D eigenvalue weighted by Gasteiger charge is 2.16. The zero-order valence-corrected chi connectivity index (χ0v) is 13.1. The summed E-state index contributed by atoms with van der Waals surface area (Å²) >= 11 is 1.38. The quantitative estimate of drug-likeness (QED) is 0.856. The Morgan fingerprint density at radius 1 is 1.52 bits per heavy atom. The van der Waals surface area contributed by atoms with E-state index in [1.165, 1.54) is 21.9 Å². The number of nitrogens with zero attached hydrogens (tertiary/aromatic N) is 4. The lowest BCUT2D eigenvalue weighted by Gasteiger charge is -2.23. The molecule has 7 nitrogen and oxygen atoms in total. The second-order valence-corrected chi connectivity index (χ2v) is 6.06. The van der Waals surface area contributed by atoms with E-state index in [4.69, 9.17) is 5.11 Å². The Labute approximate surface area is 125 Å². The molecular weight excluding hydrogens is 292 g/mol. The monoisotopic (exact) mass is 310 g/mol. The molecule has 0 fully saturated rings. The highest BCUT2D eigenvalue weighted by Crippen LogP contribution is 2.13. The molecule has 0 aliphatic rings. The Balaban J connectivity index is 2.33. The average molecular weight is 310 g/mol. The molecule has 0 unspecified atom stereocenters. The average Bonchev–Trinajstić information content (AvgIpc) is 2.81. The van der Waals surface area contributed by atoms with Gasteiger partial charge in [0.2, 0.25) is 4.96 Å². The van der Waals surface area contributed by atoms with Crippen LogP contribution in [-0.2, 0) is 17.8 Å². The minimum Gasteiger partial charge on any atom is -0.480 e. The highest BCUT2D eigenvalue weighted by atomic mass is 32.1. The number of aliphatic carboxylic acids is 1. The molecule has 0 spiro atoms. The summed E-state index contributed by atoms with van der Waals surface area (Å²) < 4.78 is 1.30. The van der Waals surface area contributed by atoms with Crippen LogP contribution in [0.15, 0.2) is 10.9 Å². The number of carbonyl (C=O) groups is 1. The standard InChI is InChI=1S/C13H18N4O3S/c1-4-10-15-17-11(18)5-9(14-13(17)21-10)6-16(8(2)3)7-12(19)20/h5,8H,4,6-7H2,1-3H3,(H,19,20). The highest BCUT2D eigenvalue weighted by molar-refractivity contribution is 7.16. The largest absolute Gasteiger partial charge is 0.480 e. The zero-order valence-electron chi connectivity index (χ0n) is 12.2. The third-order valence-corrected chi connectivity index (χ3v) is 4.13. The Hall–Kier alpha value is -1.80. The van der Waals surface area contributed by atoms with Crippen LogP contribution in [0.4, 0.5) is 0 Å². The lowest BCUT2D eigenvalue weighted by atomic mass is 10.2. The predicted octanol–water partition coefficient (Wildman–Crippen LogP) is 1.01. The number of aromatic nitrogens is 3. The summed E-state index contributed by atoms with van der Waals surface area (Å²) in [7, 11) is 0. The molecule has 2 rings (SSSR count). The van der Waals surface area contributed by atoms with Gasteiger partial charge >= 0.3 is 5.97 Å². The molecular formula is C13H18N4O3S. The van der Waals surface area contributed by atoms with Gasteiger partial charge in [-0.15, -0.1) is 0 Å². The van der Waals surface area contributed by atoms with Crippen molar-refractivity contribution in [2.45, 2.75) is 39.8 Å². The SMILES string of the molecule is CCc1nn2c(=O)cc(CN(CC(=O)O)C(C)C)nc2s1. The Kier molecular flexibility index (Phi) is 4.69. The molecule has 2 aromatic rings. The topological polar surface area (TPSA) is 87.8 Å². The van der Waals surface area contributed by atoms with Crippen molar-refractivity contribution in [3.05, 3.63) is 27.1 Å². The van der Waals surface area contributed by atoms with Crippen molar-refractivity contribution in [2.24, 2.45) is 0 Å². The summed E-state index contributed by atoms with van der Waals surface area (Å²) in [6, 6.07) is 1.47. The number of carboxylic acids is 1. The van der Waals surface area contributed by atoms with Gasteiger partial charge in [0.25, 0.3) is 5.56 Å². The molecule has 0 aliphatic carbocycles. The van der Waals surface area contributed by atoms with Crippen LogP contribution in [0.3, 0.4) is 0 Å². The predicted molar refractivity (Wildman–Crippen MR) is 79.7 cm³/mol. The second-order valence-electron chi connectivity index (χ2n) is 5.02. The molecule has 0 bridgehead atoms. The van der Waals surface area contributed by atoms with Crippen molar-refractivity contribution in [3.8, 4) is 0 Å². The van der Waals surface area contributed by atoms with Crippen molar-refractivity contribution in [3.63, 3.8) is 0 Å². The number of hydrogen-bond donors (Lipinski definition) is 1. The molecule has 0 radical (unpaired) electrons. The molecule has 0 aromatic carbocycles. The fourth-order valence-electron chi connectivity index (χ4n) is 1.92. The molecule has 1 N–H and O–H groups in total. The maximum atomic E-state index is 12.0. The number of fused-ring (bicyclic) bond motifs is 1. The molecule has 2 aromatic heterocycles. The van der Waals surface area contributed by atoms with Crippen molar-refractivity contribution in [1.29, 1.82) is 0 Å². The van der Waals surface area contributed by atoms with E-state index in [2.05, 4.69) is 10.1 Å². The molecule has 114 valence electrons. The van der Waals surface area contributed by atoms with Gasteiger partial charge in [0.05, 0.1) is 12.2 Å². The van der Waals surface area contributed by atoms with Crippen LogP contribution in [0.1, 0.15) is 31.5 Å². The van der Waals surface area contributed by atoms with Gasteiger partial charge in [-0.2, -0.15) is 9.61 Å². The van der Waals surface area contributed by atoms with Crippen LogP contribution in [0.5, 0.6) is 0 Å². The summed E-state index contributed by atoms with van der Waals surface area (Å²) in [5.41, 5.74) is 0.339. The van der Waals surface area contributed by atoms with Gasteiger partial charge in [-0.1, -0.05) is 18.3 Å². The molecule has 2 heterocycles. The maximum absolute atomic E-state index is 12.0.